The van der Waals surface area contributed by atoms with Crippen molar-refractivity contribution in [1.82, 2.24) is 15.6 Å². The Morgan fingerprint density at radius 3 is 2.66 bits per heavy atom. The maximum atomic E-state index is 12.4. The lowest BCUT2D eigenvalue weighted by molar-refractivity contribution is -0.139. The van der Waals surface area contributed by atoms with Crippen molar-refractivity contribution in [2.24, 2.45) is 5.16 Å². The molecule has 35 heavy (non-hydrogen) atoms. The number of carbonyl (C=O) groups is 3. The van der Waals surface area contributed by atoms with E-state index in [2.05, 4.69) is 26.1 Å². The van der Waals surface area contributed by atoms with Gasteiger partial charge in [-0.2, -0.15) is 0 Å². The van der Waals surface area contributed by atoms with E-state index in [1.54, 1.807) is 30.5 Å². The van der Waals surface area contributed by atoms with Gasteiger partial charge in [-0.05, 0) is 37.0 Å². The van der Waals surface area contributed by atoms with Crippen molar-refractivity contribution in [3.05, 3.63) is 60.3 Å². The van der Waals surface area contributed by atoms with Gasteiger partial charge >= 0.3 is 12.1 Å². The van der Waals surface area contributed by atoms with Gasteiger partial charge in [-0.1, -0.05) is 41.6 Å². The van der Waals surface area contributed by atoms with E-state index >= 15 is 0 Å². The predicted molar refractivity (Wildman–Crippen MR) is 128 cm³/mol. The quantitative estimate of drug-likeness (QED) is 0.317. The van der Waals surface area contributed by atoms with E-state index in [1.165, 1.54) is 0 Å². The topological polar surface area (TPSA) is 151 Å². The zero-order valence-electron chi connectivity index (χ0n) is 19.2. The van der Waals surface area contributed by atoms with Crippen molar-refractivity contribution < 1.29 is 29.1 Å². The summed E-state index contributed by atoms with van der Waals surface area (Å²) in [5.74, 6) is -1.01. The fourth-order valence-electron chi connectivity index (χ4n) is 3.30. The average molecular weight is 484 g/mol. The molecule has 0 saturated carbocycles. The van der Waals surface area contributed by atoms with Crippen molar-refractivity contribution in [1.29, 1.82) is 0 Å². The van der Waals surface area contributed by atoms with Crippen LogP contribution in [0.2, 0.25) is 0 Å². The first-order chi connectivity index (χ1) is 17.0. The zero-order chi connectivity index (χ0) is 24.9. The number of oxime groups is 1. The zero-order valence-corrected chi connectivity index (χ0v) is 19.2. The molecule has 1 aliphatic heterocycles. The molecule has 2 heterocycles. The second kappa shape index (κ2) is 13.5. The molecule has 1 unspecified atom stereocenters. The summed E-state index contributed by atoms with van der Waals surface area (Å²) in [5, 5.41) is 21.1. The second-order valence-corrected chi connectivity index (χ2v) is 7.91. The van der Waals surface area contributed by atoms with Gasteiger partial charge in [0.25, 0.3) is 5.91 Å². The summed E-state index contributed by atoms with van der Waals surface area (Å²) < 4.78 is 5.03. The first-order valence-corrected chi connectivity index (χ1v) is 11.4. The van der Waals surface area contributed by atoms with Crippen LogP contribution in [0.5, 0.6) is 0 Å². The van der Waals surface area contributed by atoms with E-state index < -0.39 is 24.0 Å². The largest absolute Gasteiger partial charge is 0.480 e. The second-order valence-electron chi connectivity index (χ2n) is 7.91. The lowest BCUT2D eigenvalue weighted by atomic mass is 10.1. The van der Waals surface area contributed by atoms with Gasteiger partial charge in [-0.15, -0.1) is 0 Å². The Balaban J connectivity index is 1.31. The van der Waals surface area contributed by atoms with E-state index in [0.717, 1.165) is 37.2 Å². The van der Waals surface area contributed by atoms with Crippen LogP contribution < -0.4 is 16.0 Å². The number of carboxylic acids is 1. The van der Waals surface area contributed by atoms with Gasteiger partial charge in [0.05, 0.1) is 0 Å². The molecule has 11 heteroatoms. The molecule has 0 saturated heterocycles. The van der Waals surface area contributed by atoms with Gasteiger partial charge in [-0.3, -0.25) is 4.79 Å². The van der Waals surface area contributed by atoms with Gasteiger partial charge in [0.15, 0.2) is 0 Å². The summed E-state index contributed by atoms with van der Waals surface area (Å²) in [6.07, 6.45) is 3.49. The highest BCUT2D eigenvalue weighted by molar-refractivity contribution is 6.39. The van der Waals surface area contributed by atoms with E-state index in [4.69, 9.17) is 9.57 Å². The summed E-state index contributed by atoms with van der Waals surface area (Å²) >= 11 is 0. The van der Waals surface area contributed by atoms with Gasteiger partial charge < -0.3 is 30.6 Å². The number of carboxylic acid groups (broad SMARTS) is 1. The molecular formula is C24H29N5O6. The molecule has 11 nitrogen and oxygen atoms in total. The Labute approximate surface area is 202 Å². The Hall–Kier alpha value is -4.15. The highest BCUT2D eigenvalue weighted by atomic mass is 16.6. The summed E-state index contributed by atoms with van der Waals surface area (Å²) in [4.78, 5) is 45.3. The van der Waals surface area contributed by atoms with Crippen LogP contribution in [0.1, 0.15) is 31.2 Å². The Morgan fingerprint density at radius 2 is 1.91 bits per heavy atom. The molecule has 3 rings (SSSR count). The monoisotopic (exact) mass is 483 g/mol. The lowest BCUT2D eigenvalue weighted by Gasteiger charge is -2.15. The van der Waals surface area contributed by atoms with Crippen LogP contribution in [0, 0.1) is 0 Å². The molecule has 1 aromatic heterocycles. The fraction of sp³-hybridized carbons (Fsp3) is 0.375. The highest BCUT2D eigenvalue weighted by Gasteiger charge is 2.27. The molecule has 2 amide bonds. The molecule has 186 valence electrons. The number of benzene rings is 1. The Kier molecular flexibility index (Phi) is 9.85. The molecule has 0 bridgehead atoms. The standard InChI is InChI=1S/C24H29N5O6/c30-22(19-14-18(35-29-19)10-4-6-12-25-21-11-5-7-13-26-21)27-15-20(23(31)32)28-24(33)34-16-17-8-2-1-3-9-17/h1-3,5,7-9,11,13,18,20H,4,6,10,12,14-16H2,(H,25,26)(H,27,30)(H,28,33)(H,31,32)/t18?,20-/m0/s1. The number of carbonyl (C=O) groups excluding carboxylic acids is 2. The van der Waals surface area contributed by atoms with Crippen LogP contribution in [-0.2, 0) is 25.8 Å². The van der Waals surface area contributed by atoms with Gasteiger partial charge in [0.1, 0.15) is 30.3 Å². The number of ether oxygens (including phenoxy) is 1. The van der Waals surface area contributed by atoms with E-state index in [1.807, 2.05) is 24.3 Å². The number of rotatable bonds is 13. The number of nitrogens with zero attached hydrogens (tertiary/aromatic N) is 2. The number of hydrogen-bond donors (Lipinski definition) is 4. The summed E-state index contributed by atoms with van der Waals surface area (Å²) in [7, 11) is 0. The molecule has 1 aliphatic rings. The number of anilines is 1. The number of nitrogens with one attached hydrogen (secondary N) is 3. The maximum Gasteiger partial charge on any atom is 0.408 e. The minimum atomic E-state index is -1.35. The van der Waals surface area contributed by atoms with Crippen molar-refractivity contribution in [2.75, 3.05) is 18.4 Å². The minimum Gasteiger partial charge on any atom is -0.480 e. The van der Waals surface area contributed by atoms with Crippen LogP contribution in [-0.4, -0.2) is 59.0 Å². The van der Waals surface area contributed by atoms with Crippen LogP contribution in [0.3, 0.4) is 0 Å². The average Bonchev–Trinajstić information content (AvgIpc) is 3.35. The molecule has 0 aliphatic carbocycles. The van der Waals surface area contributed by atoms with Gasteiger partial charge in [0.2, 0.25) is 0 Å². The molecule has 1 aromatic carbocycles. The maximum absolute atomic E-state index is 12.4. The minimum absolute atomic E-state index is 0.000111. The smallest absolute Gasteiger partial charge is 0.408 e. The van der Waals surface area contributed by atoms with Crippen LogP contribution in [0.4, 0.5) is 10.6 Å². The van der Waals surface area contributed by atoms with Gasteiger partial charge in [-0.25, -0.2) is 14.6 Å². The van der Waals surface area contributed by atoms with Crippen molar-refractivity contribution in [3.63, 3.8) is 0 Å². The number of amides is 2. The molecule has 0 radical (unpaired) electrons. The number of alkyl carbamates (subject to hydrolysis) is 1. The summed E-state index contributed by atoms with van der Waals surface area (Å²) in [5.41, 5.74) is 0.957. The molecule has 0 spiro atoms. The number of aliphatic carboxylic acids is 1. The first kappa shape index (κ1) is 25.5. The number of pyridine rings is 1. The molecule has 4 N–H and O–H groups in total. The fourth-order valence-corrected chi connectivity index (χ4v) is 3.30. The molecular weight excluding hydrogens is 454 g/mol. The number of unbranched alkanes of at least 4 members (excludes halogenated alkanes) is 1. The number of aromatic nitrogens is 1. The van der Waals surface area contributed by atoms with E-state index in [0.29, 0.717) is 6.42 Å². The lowest BCUT2D eigenvalue weighted by Crippen LogP contribution is -2.49. The molecule has 2 atom stereocenters. The van der Waals surface area contributed by atoms with Crippen molar-refractivity contribution in [3.8, 4) is 0 Å². The Morgan fingerprint density at radius 1 is 1.11 bits per heavy atom. The van der Waals surface area contributed by atoms with Crippen LogP contribution in [0.15, 0.2) is 59.9 Å². The first-order valence-electron chi connectivity index (χ1n) is 11.4. The van der Waals surface area contributed by atoms with Gasteiger partial charge in [0, 0.05) is 25.7 Å². The van der Waals surface area contributed by atoms with Crippen molar-refractivity contribution in [2.45, 2.75) is 44.4 Å². The number of hydrogen-bond acceptors (Lipinski definition) is 8. The molecule has 2 aromatic rings. The van der Waals surface area contributed by atoms with Crippen LogP contribution in [0.25, 0.3) is 0 Å². The third kappa shape index (κ3) is 8.95. The van der Waals surface area contributed by atoms with Crippen molar-refractivity contribution >= 4 is 29.5 Å². The van der Waals surface area contributed by atoms with Crippen LogP contribution >= 0.6 is 0 Å². The summed E-state index contributed by atoms with van der Waals surface area (Å²) in [6.45, 7) is 0.451. The molecule has 0 fully saturated rings. The SMILES string of the molecule is O=C(N[C@@H](CNC(=O)C1=NOC(CCCCNc2ccccn2)C1)C(=O)O)OCc1ccccc1. The van der Waals surface area contributed by atoms with E-state index in [9.17, 15) is 19.5 Å². The normalized spacial score (nSPS) is 15.3. The Bertz CT molecular complexity index is 1000. The predicted octanol–water partition coefficient (Wildman–Crippen LogP) is 2.30. The highest BCUT2D eigenvalue weighted by Crippen LogP contribution is 2.17. The summed E-state index contributed by atoms with van der Waals surface area (Å²) in [6, 6.07) is 13.3. The third-order valence-corrected chi connectivity index (χ3v) is 5.19. The van der Waals surface area contributed by atoms with E-state index in [-0.39, 0.29) is 25.0 Å². The third-order valence-electron chi connectivity index (χ3n) is 5.19.